The van der Waals surface area contributed by atoms with Gasteiger partial charge in [-0.1, -0.05) is 12.1 Å². The number of hydrogen-bond donors (Lipinski definition) is 2. The first kappa shape index (κ1) is 13.5. The molecule has 0 aromatic heterocycles. The molecule has 2 rings (SSSR count). The van der Waals surface area contributed by atoms with Gasteiger partial charge in [0.2, 0.25) is 0 Å². The lowest BCUT2D eigenvalue weighted by atomic mass is 9.93. The van der Waals surface area contributed by atoms with E-state index in [0.717, 1.165) is 17.0 Å². The molecule has 1 heterocycles. The molecule has 0 saturated heterocycles. The fourth-order valence-electron chi connectivity index (χ4n) is 2.21. The highest BCUT2D eigenvalue weighted by atomic mass is 32.1. The minimum absolute atomic E-state index is 0.0285. The topological polar surface area (TPSA) is 50.4 Å². The van der Waals surface area contributed by atoms with Crippen LogP contribution in [0.2, 0.25) is 0 Å². The molecule has 1 aliphatic heterocycles. The molecule has 100 valence electrons. The highest BCUT2D eigenvalue weighted by molar-refractivity contribution is 7.80. The summed E-state index contributed by atoms with van der Waals surface area (Å²) in [7, 11) is 1.62. The van der Waals surface area contributed by atoms with E-state index in [1.165, 1.54) is 0 Å². The van der Waals surface area contributed by atoms with Crippen molar-refractivity contribution in [2.75, 3.05) is 7.11 Å². The fraction of sp³-hybridized carbons (Fsp3) is 0.286. The largest absolute Gasteiger partial charge is 0.497 e. The molecule has 0 spiro atoms. The second-order valence-electron chi connectivity index (χ2n) is 4.40. The monoisotopic (exact) mass is 276 g/mol. The van der Waals surface area contributed by atoms with Crippen LogP contribution in [0, 0.1) is 0 Å². The van der Waals surface area contributed by atoms with Crippen LogP contribution in [0.25, 0.3) is 0 Å². The zero-order valence-corrected chi connectivity index (χ0v) is 11.9. The van der Waals surface area contributed by atoms with Crippen molar-refractivity contribution in [2.45, 2.75) is 19.9 Å². The Labute approximate surface area is 117 Å². The van der Waals surface area contributed by atoms with Gasteiger partial charge in [0.25, 0.3) is 0 Å². The molecule has 2 N–H and O–H groups in total. The normalized spacial score (nSPS) is 18.7. The molecular weight excluding hydrogens is 260 g/mol. The first-order chi connectivity index (χ1) is 9.02. The smallest absolute Gasteiger partial charge is 0.171 e. The molecule has 0 bridgehead atoms. The molecular formula is C14H16N2O2S. The lowest BCUT2D eigenvalue weighted by Crippen LogP contribution is -2.44. The van der Waals surface area contributed by atoms with E-state index < -0.39 is 0 Å². The van der Waals surface area contributed by atoms with Crippen LogP contribution in [-0.4, -0.2) is 18.0 Å². The molecule has 1 atom stereocenters. The van der Waals surface area contributed by atoms with Crippen LogP contribution in [0.15, 0.2) is 35.5 Å². The summed E-state index contributed by atoms with van der Waals surface area (Å²) in [5.74, 6) is 0.811. The maximum Gasteiger partial charge on any atom is 0.171 e. The van der Waals surface area contributed by atoms with Gasteiger partial charge in [-0.3, -0.25) is 4.79 Å². The summed E-state index contributed by atoms with van der Waals surface area (Å²) in [5, 5.41) is 6.65. The Bertz CT molecular complexity index is 549. The van der Waals surface area contributed by atoms with Gasteiger partial charge < -0.3 is 15.4 Å². The van der Waals surface area contributed by atoms with Gasteiger partial charge >= 0.3 is 0 Å². The van der Waals surface area contributed by atoms with Gasteiger partial charge in [-0.15, -0.1) is 0 Å². The van der Waals surface area contributed by atoms with Crippen molar-refractivity contribution < 1.29 is 9.53 Å². The minimum Gasteiger partial charge on any atom is -0.497 e. The number of rotatable bonds is 3. The Balaban J connectivity index is 2.42. The molecule has 1 aromatic carbocycles. The van der Waals surface area contributed by atoms with Crippen molar-refractivity contribution >= 4 is 23.1 Å². The fourth-order valence-corrected chi connectivity index (χ4v) is 2.48. The third-order valence-electron chi connectivity index (χ3n) is 3.10. The average molecular weight is 276 g/mol. The van der Waals surface area contributed by atoms with Gasteiger partial charge in [0.05, 0.1) is 13.2 Å². The molecule has 1 unspecified atom stereocenters. The second-order valence-corrected chi connectivity index (χ2v) is 4.81. The van der Waals surface area contributed by atoms with Crippen molar-refractivity contribution in [2.24, 2.45) is 0 Å². The van der Waals surface area contributed by atoms with E-state index in [2.05, 4.69) is 10.6 Å². The van der Waals surface area contributed by atoms with Gasteiger partial charge in [0, 0.05) is 11.3 Å². The summed E-state index contributed by atoms with van der Waals surface area (Å²) >= 11 is 5.16. The van der Waals surface area contributed by atoms with E-state index in [0.29, 0.717) is 10.7 Å². The number of benzene rings is 1. The Morgan fingerprint density at radius 3 is 2.47 bits per heavy atom. The van der Waals surface area contributed by atoms with Crippen LogP contribution >= 0.6 is 12.2 Å². The Kier molecular flexibility index (Phi) is 3.85. The lowest BCUT2D eigenvalue weighted by Gasteiger charge is -2.29. The Morgan fingerprint density at radius 2 is 1.95 bits per heavy atom. The molecule has 0 radical (unpaired) electrons. The first-order valence-electron chi connectivity index (χ1n) is 5.96. The van der Waals surface area contributed by atoms with Crippen molar-refractivity contribution in [3.8, 4) is 5.75 Å². The summed E-state index contributed by atoms with van der Waals surface area (Å²) < 4.78 is 5.14. The summed E-state index contributed by atoms with van der Waals surface area (Å²) in [5.41, 5.74) is 2.49. The Hall–Kier alpha value is -1.88. The van der Waals surface area contributed by atoms with Crippen LogP contribution in [0.5, 0.6) is 5.75 Å². The molecule has 0 fully saturated rings. The van der Waals surface area contributed by atoms with E-state index >= 15 is 0 Å². The molecule has 1 aromatic rings. The van der Waals surface area contributed by atoms with Crippen LogP contribution in [0.1, 0.15) is 25.5 Å². The number of methoxy groups -OCH3 is 1. The van der Waals surface area contributed by atoms with Crippen LogP contribution in [-0.2, 0) is 4.79 Å². The number of ketones is 1. The molecule has 0 saturated carbocycles. The third kappa shape index (κ3) is 2.76. The molecule has 5 heteroatoms. The summed E-state index contributed by atoms with van der Waals surface area (Å²) in [6.45, 7) is 3.42. The average Bonchev–Trinajstić information content (AvgIpc) is 2.37. The van der Waals surface area contributed by atoms with Crippen molar-refractivity contribution in [1.82, 2.24) is 10.6 Å². The standard InChI is InChI=1S/C14H16N2O2S/c1-8-12(9(2)17)13(16-14(19)15-8)10-4-6-11(18-3)7-5-10/h4-7,13H,1-3H3,(H2,15,16,19). The van der Waals surface area contributed by atoms with Crippen LogP contribution in [0.3, 0.4) is 0 Å². The highest BCUT2D eigenvalue weighted by Crippen LogP contribution is 2.28. The molecule has 4 nitrogen and oxygen atoms in total. The lowest BCUT2D eigenvalue weighted by molar-refractivity contribution is -0.114. The van der Waals surface area contributed by atoms with Crippen LogP contribution in [0.4, 0.5) is 0 Å². The second kappa shape index (κ2) is 5.40. The number of carbonyl (C=O) groups is 1. The third-order valence-corrected chi connectivity index (χ3v) is 3.32. The number of Topliss-reactive ketones (excluding diaryl/α,β-unsaturated/α-hetero) is 1. The van der Waals surface area contributed by atoms with Gasteiger partial charge in [-0.25, -0.2) is 0 Å². The molecule has 1 aliphatic rings. The van der Waals surface area contributed by atoms with Crippen molar-refractivity contribution in [3.63, 3.8) is 0 Å². The van der Waals surface area contributed by atoms with Crippen LogP contribution < -0.4 is 15.4 Å². The van der Waals surface area contributed by atoms with Gasteiger partial charge in [0.15, 0.2) is 10.9 Å². The zero-order valence-electron chi connectivity index (χ0n) is 11.1. The summed E-state index contributed by atoms with van der Waals surface area (Å²) in [6, 6.07) is 7.39. The Morgan fingerprint density at radius 1 is 1.32 bits per heavy atom. The van der Waals surface area contributed by atoms with E-state index in [4.69, 9.17) is 17.0 Å². The summed E-state index contributed by atoms with van der Waals surface area (Å²) in [6.07, 6.45) is 0. The van der Waals surface area contributed by atoms with E-state index in [-0.39, 0.29) is 11.8 Å². The molecule has 19 heavy (non-hydrogen) atoms. The quantitative estimate of drug-likeness (QED) is 0.828. The maximum absolute atomic E-state index is 11.8. The number of hydrogen-bond acceptors (Lipinski definition) is 3. The van der Waals surface area contributed by atoms with Gasteiger partial charge in [0.1, 0.15) is 5.75 Å². The highest BCUT2D eigenvalue weighted by Gasteiger charge is 2.27. The van der Waals surface area contributed by atoms with Crippen molar-refractivity contribution in [1.29, 1.82) is 0 Å². The van der Waals surface area contributed by atoms with E-state index in [9.17, 15) is 4.79 Å². The SMILES string of the molecule is COc1ccc(C2NC(=S)NC(C)=C2C(C)=O)cc1. The molecule has 0 amide bonds. The predicted octanol–water partition coefficient (Wildman–Crippen LogP) is 2.08. The minimum atomic E-state index is -0.211. The number of thiocarbonyl (C=S) groups is 1. The van der Waals surface area contributed by atoms with Gasteiger partial charge in [-0.05, 0) is 43.8 Å². The number of allylic oxidation sites excluding steroid dienone is 1. The van der Waals surface area contributed by atoms with Gasteiger partial charge in [-0.2, -0.15) is 0 Å². The molecule has 0 aliphatic carbocycles. The maximum atomic E-state index is 11.8. The number of nitrogens with one attached hydrogen (secondary N) is 2. The number of ether oxygens (including phenoxy) is 1. The zero-order chi connectivity index (χ0) is 14.0. The number of carbonyl (C=O) groups excluding carboxylic acids is 1. The van der Waals surface area contributed by atoms with E-state index in [1.807, 2.05) is 31.2 Å². The van der Waals surface area contributed by atoms with Crippen molar-refractivity contribution in [3.05, 3.63) is 41.1 Å². The summed E-state index contributed by atoms with van der Waals surface area (Å²) in [4.78, 5) is 11.8. The predicted molar refractivity (Wildman–Crippen MR) is 78.0 cm³/mol. The first-order valence-corrected chi connectivity index (χ1v) is 6.37. The van der Waals surface area contributed by atoms with E-state index in [1.54, 1.807) is 14.0 Å².